The summed E-state index contributed by atoms with van der Waals surface area (Å²) in [5.74, 6) is 0.428. The summed E-state index contributed by atoms with van der Waals surface area (Å²) >= 11 is 0. The zero-order valence-electron chi connectivity index (χ0n) is 15.7. The summed E-state index contributed by atoms with van der Waals surface area (Å²) in [5, 5.41) is 7.85. The average molecular weight is 327 g/mol. The van der Waals surface area contributed by atoms with Gasteiger partial charge in [-0.1, -0.05) is 32.9 Å². The Labute approximate surface area is 145 Å². The van der Waals surface area contributed by atoms with E-state index in [1.807, 2.05) is 30.7 Å². The number of hydrogen-bond donors (Lipinski definition) is 1. The van der Waals surface area contributed by atoms with Gasteiger partial charge in [0.15, 0.2) is 0 Å². The number of nitrogens with one attached hydrogen (secondary N) is 1. The van der Waals surface area contributed by atoms with Crippen LogP contribution in [0, 0.1) is 12.8 Å². The molecule has 0 atom stereocenters. The molecule has 1 aromatic heterocycles. The molecule has 0 spiro atoms. The molecule has 0 bridgehead atoms. The number of carbonyl (C=O) groups is 1. The van der Waals surface area contributed by atoms with Gasteiger partial charge in [0.2, 0.25) is 0 Å². The third-order valence-corrected chi connectivity index (χ3v) is 3.88. The van der Waals surface area contributed by atoms with Crippen LogP contribution >= 0.6 is 0 Å². The first kappa shape index (κ1) is 18.2. The molecule has 24 heavy (non-hydrogen) atoms. The molecule has 0 saturated heterocycles. The zero-order chi connectivity index (χ0) is 17.9. The van der Waals surface area contributed by atoms with Crippen LogP contribution in [-0.2, 0) is 12.8 Å². The summed E-state index contributed by atoms with van der Waals surface area (Å²) in [6, 6.07) is 8.36. The Hall–Kier alpha value is -2.10. The van der Waals surface area contributed by atoms with Gasteiger partial charge in [0.25, 0.3) is 5.91 Å². The van der Waals surface area contributed by atoms with E-state index in [2.05, 4.69) is 45.1 Å². The van der Waals surface area contributed by atoms with E-state index < -0.39 is 0 Å². The van der Waals surface area contributed by atoms with Gasteiger partial charge in [-0.05, 0) is 57.2 Å². The number of carbonyl (C=O) groups excluding carboxylic acids is 1. The van der Waals surface area contributed by atoms with Crippen molar-refractivity contribution in [2.75, 3.05) is 0 Å². The van der Waals surface area contributed by atoms with E-state index >= 15 is 0 Å². The van der Waals surface area contributed by atoms with Crippen LogP contribution in [0.4, 0.5) is 0 Å². The van der Waals surface area contributed by atoms with Crippen molar-refractivity contribution < 1.29 is 4.79 Å². The summed E-state index contributed by atoms with van der Waals surface area (Å²) < 4.78 is 1.94. The van der Waals surface area contributed by atoms with Gasteiger partial charge in [-0.15, -0.1) is 0 Å². The molecule has 0 aliphatic carbocycles. The van der Waals surface area contributed by atoms with Crippen molar-refractivity contribution in [3.63, 3.8) is 0 Å². The summed E-state index contributed by atoms with van der Waals surface area (Å²) in [5.41, 5.74) is 4.82. The van der Waals surface area contributed by atoms with Gasteiger partial charge >= 0.3 is 0 Å². The van der Waals surface area contributed by atoms with Crippen molar-refractivity contribution >= 4 is 5.91 Å². The average Bonchev–Trinajstić information content (AvgIpc) is 2.84. The highest BCUT2D eigenvalue weighted by atomic mass is 16.1. The van der Waals surface area contributed by atoms with E-state index in [1.54, 1.807) is 0 Å². The van der Waals surface area contributed by atoms with Gasteiger partial charge in [-0.25, -0.2) is 4.68 Å². The summed E-state index contributed by atoms with van der Waals surface area (Å²) in [4.78, 5) is 12.8. The minimum Gasteiger partial charge on any atom is -0.350 e. The molecule has 2 aromatic rings. The number of amides is 1. The molecule has 2 rings (SSSR count). The lowest BCUT2D eigenvalue weighted by Gasteiger charge is -2.11. The van der Waals surface area contributed by atoms with E-state index in [1.165, 1.54) is 5.56 Å². The van der Waals surface area contributed by atoms with Crippen molar-refractivity contribution in [1.82, 2.24) is 15.1 Å². The lowest BCUT2D eigenvalue weighted by atomic mass is 10.0. The van der Waals surface area contributed by atoms with Gasteiger partial charge in [0.05, 0.1) is 22.6 Å². The van der Waals surface area contributed by atoms with Crippen LogP contribution in [0.2, 0.25) is 0 Å². The summed E-state index contributed by atoms with van der Waals surface area (Å²) in [6.45, 7) is 12.4. The minimum absolute atomic E-state index is 0.0172. The number of rotatable bonds is 6. The van der Waals surface area contributed by atoms with E-state index in [9.17, 15) is 4.79 Å². The second-order valence-electron chi connectivity index (χ2n) is 7.10. The van der Waals surface area contributed by atoms with E-state index in [4.69, 9.17) is 5.10 Å². The molecule has 1 amide bonds. The van der Waals surface area contributed by atoms with Crippen molar-refractivity contribution in [3.05, 3.63) is 46.8 Å². The predicted molar refractivity (Wildman–Crippen MR) is 98.8 cm³/mol. The molecule has 0 radical (unpaired) electrons. The van der Waals surface area contributed by atoms with E-state index in [0.29, 0.717) is 5.92 Å². The van der Waals surface area contributed by atoms with Crippen molar-refractivity contribution in [1.29, 1.82) is 0 Å². The van der Waals surface area contributed by atoms with E-state index in [0.717, 1.165) is 35.5 Å². The molecule has 0 saturated carbocycles. The normalized spacial score (nSPS) is 11.3. The first-order valence-corrected chi connectivity index (χ1v) is 8.82. The molecule has 4 heteroatoms. The predicted octanol–water partition coefficient (Wildman–Crippen LogP) is 4.08. The highest BCUT2D eigenvalue weighted by Gasteiger charge is 2.24. The Kier molecular flexibility index (Phi) is 5.81. The van der Waals surface area contributed by atoms with Gasteiger partial charge in [-0.3, -0.25) is 4.79 Å². The Morgan fingerprint density at radius 3 is 2.50 bits per heavy atom. The first-order chi connectivity index (χ1) is 11.3. The highest BCUT2D eigenvalue weighted by molar-refractivity contribution is 5.96. The van der Waals surface area contributed by atoms with Gasteiger partial charge in [0.1, 0.15) is 0 Å². The number of benzene rings is 1. The Balaban J connectivity index is 2.60. The number of hydrogen-bond acceptors (Lipinski definition) is 2. The molecule has 130 valence electrons. The maximum Gasteiger partial charge on any atom is 0.255 e. The fourth-order valence-corrected chi connectivity index (χ4v) is 2.93. The van der Waals surface area contributed by atoms with Gasteiger partial charge in [-0.2, -0.15) is 5.10 Å². The van der Waals surface area contributed by atoms with Crippen molar-refractivity contribution in [3.8, 4) is 5.69 Å². The number of aromatic nitrogens is 2. The molecule has 1 aromatic carbocycles. The third-order valence-electron chi connectivity index (χ3n) is 3.88. The molecule has 0 fully saturated rings. The van der Waals surface area contributed by atoms with E-state index in [-0.39, 0.29) is 11.9 Å². The van der Waals surface area contributed by atoms with Crippen LogP contribution in [-0.4, -0.2) is 21.7 Å². The Morgan fingerprint density at radius 1 is 1.25 bits per heavy atom. The van der Waals surface area contributed by atoms with Crippen molar-refractivity contribution in [2.24, 2.45) is 5.92 Å². The topological polar surface area (TPSA) is 46.9 Å². The zero-order valence-corrected chi connectivity index (χ0v) is 15.7. The second kappa shape index (κ2) is 7.65. The molecule has 1 N–H and O–H groups in total. The lowest BCUT2D eigenvalue weighted by molar-refractivity contribution is 0.0941. The Bertz CT molecular complexity index is 714. The number of nitrogens with zero attached hydrogens (tertiary/aromatic N) is 2. The number of aryl methyl sites for hydroxylation is 1. The minimum atomic E-state index is -0.0172. The van der Waals surface area contributed by atoms with Gasteiger partial charge in [0, 0.05) is 6.04 Å². The maximum atomic E-state index is 12.8. The van der Waals surface area contributed by atoms with Crippen molar-refractivity contribution in [2.45, 2.75) is 60.4 Å². The molecule has 0 aliphatic heterocycles. The molecule has 0 aliphatic rings. The summed E-state index contributed by atoms with van der Waals surface area (Å²) in [6.07, 6.45) is 1.56. The van der Waals surface area contributed by atoms with Gasteiger partial charge < -0.3 is 5.32 Å². The standard InChI is InChI=1S/C20H29N3O/c1-7-18-19(20(24)21-14(4)5)17(11-13(2)3)22-23(18)16-10-8-9-15(6)12-16/h8-10,12-14H,7,11H2,1-6H3,(H,21,24). The van der Waals surface area contributed by atoms with Crippen LogP contribution in [0.5, 0.6) is 0 Å². The molecular formula is C20H29N3O. The first-order valence-electron chi connectivity index (χ1n) is 8.82. The fourth-order valence-electron chi connectivity index (χ4n) is 2.93. The fraction of sp³-hybridized carbons (Fsp3) is 0.500. The molecular weight excluding hydrogens is 298 g/mol. The SMILES string of the molecule is CCc1c(C(=O)NC(C)C)c(CC(C)C)nn1-c1cccc(C)c1. The molecule has 1 heterocycles. The largest absolute Gasteiger partial charge is 0.350 e. The third kappa shape index (κ3) is 4.05. The quantitative estimate of drug-likeness (QED) is 0.869. The van der Waals surface area contributed by atoms with Crippen LogP contribution in [0.3, 0.4) is 0 Å². The van der Waals surface area contributed by atoms with Crippen LogP contribution < -0.4 is 5.32 Å². The smallest absolute Gasteiger partial charge is 0.255 e. The van der Waals surface area contributed by atoms with Crippen LogP contribution in [0.25, 0.3) is 5.69 Å². The lowest BCUT2D eigenvalue weighted by Crippen LogP contribution is -2.31. The van der Waals surface area contributed by atoms with Crippen LogP contribution in [0.15, 0.2) is 24.3 Å². The highest BCUT2D eigenvalue weighted by Crippen LogP contribution is 2.23. The molecule has 0 unspecified atom stereocenters. The monoisotopic (exact) mass is 327 g/mol. The Morgan fingerprint density at radius 2 is 1.96 bits per heavy atom. The van der Waals surface area contributed by atoms with Crippen LogP contribution in [0.1, 0.15) is 61.9 Å². The second-order valence-corrected chi connectivity index (χ2v) is 7.10. The summed E-state index contributed by atoms with van der Waals surface area (Å²) in [7, 11) is 0. The maximum absolute atomic E-state index is 12.8. The molecule has 4 nitrogen and oxygen atoms in total.